The number of likely N-dealkylation sites (tertiary alicyclic amines) is 2. The van der Waals surface area contributed by atoms with E-state index in [0.717, 1.165) is 89.1 Å². The van der Waals surface area contributed by atoms with Crippen molar-refractivity contribution in [3.8, 4) is 0 Å². The van der Waals surface area contributed by atoms with Gasteiger partial charge in [-0.15, -0.1) is 0 Å². The molecule has 6 atom stereocenters. The van der Waals surface area contributed by atoms with E-state index in [2.05, 4.69) is 31.9 Å². The van der Waals surface area contributed by atoms with Crippen LogP contribution in [0.15, 0.2) is 66.7 Å². The minimum atomic E-state index is -0.0822. The minimum absolute atomic E-state index is 0.0200. The molecule has 5 fully saturated rings. The van der Waals surface area contributed by atoms with Gasteiger partial charge in [0, 0.05) is 43.3 Å². The molecule has 0 radical (unpaired) electrons. The van der Waals surface area contributed by atoms with E-state index >= 15 is 0 Å². The normalized spacial score (nSPS) is 26.3. The van der Waals surface area contributed by atoms with Crippen molar-refractivity contribution in [1.29, 1.82) is 0 Å². The van der Waals surface area contributed by atoms with E-state index in [1.807, 2.05) is 78.2 Å². The fourth-order valence-corrected chi connectivity index (χ4v) is 11.1. The van der Waals surface area contributed by atoms with Crippen molar-refractivity contribution < 1.29 is 14.4 Å². The Morgan fingerprint density at radius 2 is 1.33 bits per heavy atom. The van der Waals surface area contributed by atoms with Crippen LogP contribution < -0.4 is 4.90 Å². The molecule has 3 aliphatic heterocycles. The van der Waals surface area contributed by atoms with Crippen molar-refractivity contribution in [2.45, 2.75) is 115 Å². The van der Waals surface area contributed by atoms with E-state index in [1.54, 1.807) is 0 Å². The summed E-state index contributed by atoms with van der Waals surface area (Å²) < 4.78 is 0. The first-order chi connectivity index (χ1) is 27.8. The summed E-state index contributed by atoms with van der Waals surface area (Å²) in [6, 6.07) is 22.7. The third kappa shape index (κ3) is 6.56. The Morgan fingerprint density at radius 1 is 0.719 bits per heavy atom. The highest BCUT2D eigenvalue weighted by molar-refractivity contribution is 5.96. The number of rotatable bonds is 8. The van der Waals surface area contributed by atoms with Crippen molar-refractivity contribution in [3.05, 3.63) is 89.5 Å². The van der Waals surface area contributed by atoms with Gasteiger partial charge in [0.2, 0.25) is 11.8 Å². The number of nitrogens with zero attached hydrogens (tertiary/aromatic N) is 6. The molecule has 6 unspecified atom stereocenters. The van der Waals surface area contributed by atoms with E-state index in [-0.39, 0.29) is 41.9 Å². The van der Waals surface area contributed by atoms with Crippen LogP contribution >= 0.6 is 0 Å². The maximum Gasteiger partial charge on any atom is 0.324 e. The molecule has 11 heteroatoms. The van der Waals surface area contributed by atoms with Crippen LogP contribution in [0.5, 0.6) is 0 Å². The topological polar surface area (TPSA) is 122 Å². The molecule has 57 heavy (non-hydrogen) atoms. The summed E-state index contributed by atoms with van der Waals surface area (Å²) >= 11 is 0. The van der Waals surface area contributed by atoms with E-state index in [4.69, 9.17) is 9.97 Å². The first-order valence-corrected chi connectivity index (χ1v) is 21.5. The summed E-state index contributed by atoms with van der Waals surface area (Å²) in [6.45, 7) is 5.72. The second-order valence-corrected chi connectivity index (χ2v) is 17.7. The molecule has 2 aliphatic carbocycles. The van der Waals surface area contributed by atoms with Crippen LogP contribution in [0.3, 0.4) is 0 Å². The molecular formula is C46H54N8O3. The van der Waals surface area contributed by atoms with Gasteiger partial charge >= 0.3 is 6.03 Å². The van der Waals surface area contributed by atoms with Crippen LogP contribution in [0.4, 0.5) is 10.5 Å². The van der Waals surface area contributed by atoms with Crippen LogP contribution in [0.25, 0.3) is 22.1 Å². The van der Waals surface area contributed by atoms with Gasteiger partial charge < -0.3 is 24.7 Å². The van der Waals surface area contributed by atoms with Crippen molar-refractivity contribution in [2.24, 2.45) is 17.8 Å². The summed E-state index contributed by atoms with van der Waals surface area (Å²) in [5.41, 5.74) is 6.49. The number of anilines is 1. The quantitative estimate of drug-likeness (QED) is 0.164. The number of H-pyrrole nitrogens is 2. The summed E-state index contributed by atoms with van der Waals surface area (Å²) in [6.07, 6.45) is 11.6. The van der Waals surface area contributed by atoms with E-state index in [0.29, 0.717) is 43.9 Å². The number of aromatic amines is 2. The van der Waals surface area contributed by atoms with Gasteiger partial charge in [-0.25, -0.2) is 14.8 Å². The molecule has 5 heterocycles. The van der Waals surface area contributed by atoms with Crippen LogP contribution in [0.2, 0.25) is 0 Å². The van der Waals surface area contributed by atoms with E-state index in [1.165, 1.54) is 25.7 Å². The molecule has 3 aromatic carbocycles. The lowest BCUT2D eigenvalue weighted by Gasteiger charge is -2.34. The number of carbonyl (C=O) groups excluding carboxylic acids is 3. The zero-order valence-electron chi connectivity index (χ0n) is 33.2. The number of amides is 4. The van der Waals surface area contributed by atoms with Crippen molar-refractivity contribution in [3.63, 3.8) is 0 Å². The van der Waals surface area contributed by atoms with Crippen molar-refractivity contribution in [2.75, 3.05) is 18.0 Å². The fourth-order valence-electron chi connectivity index (χ4n) is 11.1. The number of fused-ring (bicyclic) bond motifs is 4. The molecule has 5 aliphatic rings. The lowest BCUT2D eigenvalue weighted by atomic mass is 9.84. The van der Waals surface area contributed by atoms with Crippen molar-refractivity contribution >= 4 is 45.6 Å². The number of carbonyl (C=O) groups is 3. The second-order valence-electron chi connectivity index (χ2n) is 17.7. The largest absolute Gasteiger partial charge is 0.340 e. The summed E-state index contributed by atoms with van der Waals surface area (Å²) in [5.74, 6) is 3.11. The Morgan fingerprint density at radius 3 is 2.02 bits per heavy atom. The highest BCUT2D eigenvalue weighted by Crippen LogP contribution is 2.48. The third-order valence-corrected chi connectivity index (χ3v) is 13.9. The summed E-state index contributed by atoms with van der Waals surface area (Å²) in [5, 5.41) is 0. The fraction of sp³-hybridized carbons (Fsp3) is 0.500. The first kappa shape index (κ1) is 36.2. The molecule has 4 amide bonds. The Hall–Kier alpha value is -5.19. The standard InChI is InChI=1S/C46H54N8O3/c1-28(2)45(56)54-39-15-9-7-13-32(39)25-41(54)44-47-34-18-16-30(22-36(34)49-44)27-51-20-21-52(46(51)57)33-17-19-35-37(26-33)50-43(48-35)40-24-31-12-6-8-14-38(31)53(40)42(55)23-29-10-4-3-5-11-29/h3-5,10-11,16-19,22,26,28,31-32,38-41H,6-9,12-15,20-21,23-25,27H2,1-2H3,(H,47,49)(H,48,50). The lowest BCUT2D eigenvalue weighted by molar-refractivity contribution is -0.138. The smallest absolute Gasteiger partial charge is 0.324 e. The number of benzene rings is 3. The number of hydrogen-bond donors (Lipinski definition) is 2. The van der Waals surface area contributed by atoms with Gasteiger partial charge in [0.1, 0.15) is 11.6 Å². The summed E-state index contributed by atoms with van der Waals surface area (Å²) in [7, 11) is 0. The number of urea groups is 1. The molecule has 0 spiro atoms. The van der Waals surface area contributed by atoms with Crippen LogP contribution in [-0.2, 0) is 22.6 Å². The molecule has 10 rings (SSSR count). The lowest BCUT2D eigenvalue weighted by Crippen LogP contribution is -2.42. The monoisotopic (exact) mass is 766 g/mol. The molecule has 2 N–H and O–H groups in total. The molecule has 0 bridgehead atoms. The predicted molar refractivity (Wildman–Crippen MR) is 220 cm³/mol. The third-order valence-electron chi connectivity index (χ3n) is 13.9. The second kappa shape index (κ2) is 14.6. The van der Waals surface area contributed by atoms with Gasteiger partial charge in [0.15, 0.2) is 0 Å². The van der Waals surface area contributed by atoms with Crippen molar-refractivity contribution in [1.82, 2.24) is 34.6 Å². The summed E-state index contributed by atoms with van der Waals surface area (Å²) in [4.78, 5) is 66.7. The molecule has 2 saturated carbocycles. The van der Waals surface area contributed by atoms with Gasteiger partial charge in [-0.1, -0.05) is 75.9 Å². The number of hydrogen-bond acceptors (Lipinski definition) is 5. The van der Waals surface area contributed by atoms with Gasteiger partial charge in [-0.2, -0.15) is 0 Å². The van der Waals surface area contributed by atoms with Crippen LogP contribution in [0, 0.1) is 17.8 Å². The molecule has 5 aromatic rings. The highest BCUT2D eigenvalue weighted by Gasteiger charge is 2.47. The first-order valence-electron chi connectivity index (χ1n) is 21.5. The maximum atomic E-state index is 13.9. The van der Waals surface area contributed by atoms with Crippen LogP contribution in [-0.4, -0.2) is 77.7 Å². The maximum absolute atomic E-state index is 13.9. The van der Waals surface area contributed by atoms with Gasteiger partial charge in [-0.3, -0.25) is 14.5 Å². The number of imidazole rings is 2. The van der Waals surface area contributed by atoms with E-state index in [9.17, 15) is 14.4 Å². The van der Waals surface area contributed by atoms with E-state index < -0.39 is 0 Å². The predicted octanol–water partition coefficient (Wildman–Crippen LogP) is 8.44. The Kier molecular flexibility index (Phi) is 9.29. The SMILES string of the molecule is CC(C)C(=O)N1C(c2nc3ccc(CN4CCN(c5ccc6nc(C7CC8CCCCC8N7C(=O)Cc7ccccc7)[nH]c6c5)C4=O)cc3[nH]2)CC2CCCCC21. The number of aromatic nitrogens is 4. The Bertz CT molecular complexity index is 2320. The highest BCUT2D eigenvalue weighted by atomic mass is 16.2. The Balaban J connectivity index is 0.845. The molecule has 296 valence electrons. The molecule has 2 aromatic heterocycles. The average molecular weight is 767 g/mol. The van der Waals surface area contributed by atoms with Crippen LogP contribution in [0.1, 0.15) is 113 Å². The zero-order chi connectivity index (χ0) is 38.8. The minimum Gasteiger partial charge on any atom is -0.340 e. The zero-order valence-corrected chi connectivity index (χ0v) is 33.2. The van der Waals surface area contributed by atoms with Gasteiger partial charge in [-0.05, 0) is 91.8 Å². The van der Waals surface area contributed by atoms with Gasteiger partial charge in [0.25, 0.3) is 0 Å². The molecular weight excluding hydrogens is 713 g/mol. The Labute approximate surface area is 334 Å². The molecule has 3 saturated heterocycles. The van der Waals surface area contributed by atoms with Gasteiger partial charge in [0.05, 0.1) is 40.6 Å². The average Bonchev–Trinajstić information content (AvgIpc) is 4.06. The number of nitrogens with one attached hydrogen (secondary N) is 2. The molecule has 11 nitrogen and oxygen atoms in total.